The van der Waals surface area contributed by atoms with E-state index >= 15 is 0 Å². The van der Waals surface area contributed by atoms with Crippen LogP contribution in [0.2, 0.25) is 5.02 Å². The van der Waals surface area contributed by atoms with Gasteiger partial charge in [0.25, 0.3) is 5.78 Å². The number of Topliss-reactive ketones (excluding diaryl/α,β-unsaturated/α-hetero) is 1. The zero-order valence-corrected chi connectivity index (χ0v) is 9.21. The summed E-state index contributed by atoms with van der Waals surface area (Å²) >= 11 is 6.51. The number of thiophene rings is 1. The Labute approximate surface area is 97.4 Å². The van der Waals surface area contributed by atoms with E-state index in [0.717, 1.165) is 11.3 Å². The predicted octanol–water partition coefficient (Wildman–Crippen LogP) is 4.30. The van der Waals surface area contributed by atoms with E-state index in [9.17, 15) is 18.0 Å². The van der Waals surface area contributed by atoms with Crippen LogP contribution in [0.25, 0.3) is 10.1 Å². The molecule has 0 amide bonds. The number of rotatable bonds is 1. The number of ketones is 1. The highest BCUT2D eigenvalue weighted by atomic mass is 35.5. The maximum atomic E-state index is 12.2. The Morgan fingerprint density at radius 3 is 2.56 bits per heavy atom. The maximum absolute atomic E-state index is 12.2. The number of benzene rings is 1. The van der Waals surface area contributed by atoms with Crippen molar-refractivity contribution in [3.63, 3.8) is 0 Å². The van der Waals surface area contributed by atoms with Gasteiger partial charge in [-0.1, -0.05) is 11.6 Å². The van der Waals surface area contributed by atoms with Gasteiger partial charge in [0, 0.05) is 9.72 Å². The molecule has 2 aromatic rings. The van der Waals surface area contributed by atoms with Gasteiger partial charge in [-0.25, -0.2) is 0 Å². The van der Waals surface area contributed by atoms with Gasteiger partial charge in [-0.2, -0.15) is 13.2 Å². The lowest BCUT2D eigenvalue weighted by molar-refractivity contribution is -0.0882. The van der Waals surface area contributed by atoms with Gasteiger partial charge >= 0.3 is 6.18 Å². The molecule has 0 aliphatic heterocycles. The minimum atomic E-state index is -4.83. The van der Waals surface area contributed by atoms with Crippen molar-refractivity contribution in [3.8, 4) is 0 Å². The predicted molar refractivity (Wildman–Crippen MR) is 57.2 cm³/mol. The van der Waals surface area contributed by atoms with Gasteiger partial charge in [-0.05, 0) is 29.7 Å². The van der Waals surface area contributed by atoms with Crippen LogP contribution < -0.4 is 0 Å². The van der Waals surface area contributed by atoms with Gasteiger partial charge in [0.1, 0.15) is 0 Å². The van der Waals surface area contributed by atoms with Crippen molar-refractivity contribution in [2.75, 3.05) is 0 Å². The second kappa shape index (κ2) is 3.75. The summed E-state index contributed by atoms with van der Waals surface area (Å²) < 4.78 is 37.1. The molecule has 0 radical (unpaired) electrons. The Bertz CT molecular complexity index is 559. The summed E-state index contributed by atoms with van der Waals surface area (Å²) in [4.78, 5) is 10.7. The van der Waals surface area contributed by atoms with Crippen LogP contribution >= 0.6 is 22.9 Å². The summed E-state index contributed by atoms with van der Waals surface area (Å²) in [6, 6.07) is 5.90. The lowest BCUT2D eigenvalue weighted by Crippen LogP contribution is -2.21. The number of hydrogen-bond acceptors (Lipinski definition) is 2. The lowest BCUT2D eigenvalue weighted by atomic mass is 10.2. The molecule has 2 rings (SSSR count). The molecule has 6 heteroatoms. The van der Waals surface area contributed by atoms with Crippen LogP contribution in [0.1, 0.15) is 9.67 Å². The highest BCUT2D eigenvalue weighted by molar-refractivity contribution is 7.20. The van der Waals surface area contributed by atoms with E-state index in [-0.39, 0.29) is 4.88 Å². The molecular weight excluding hydrogens is 261 g/mol. The molecule has 0 bridgehead atoms. The Morgan fingerprint density at radius 2 is 1.94 bits per heavy atom. The van der Waals surface area contributed by atoms with Crippen LogP contribution in [0.15, 0.2) is 24.3 Å². The van der Waals surface area contributed by atoms with E-state index in [1.807, 2.05) is 0 Å². The smallest absolute Gasteiger partial charge is 0.283 e. The zero-order valence-electron chi connectivity index (χ0n) is 7.64. The van der Waals surface area contributed by atoms with Crippen LogP contribution in [0, 0.1) is 0 Å². The molecule has 1 nitrogen and oxygen atoms in total. The second-order valence-corrected chi connectivity index (χ2v) is 4.64. The van der Waals surface area contributed by atoms with Crippen molar-refractivity contribution in [1.29, 1.82) is 0 Å². The van der Waals surface area contributed by atoms with Crippen molar-refractivity contribution in [2.24, 2.45) is 0 Å². The monoisotopic (exact) mass is 264 g/mol. The second-order valence-electron chi connectivity index (χ2n) is 3.12. The molecule has 1 aromatic carbocycles. The fourth-order valence-electron chi connectivity index (χ4n) is 1.27. The minimum Gasteiger partial charge on any atom is -0.283 e. The average molecular weight is 265 g/mol. The number of fused-ring (bicyclic) bond motifs is 1. The van der Waals surface area contributed by atoms with Crippen LogP contribution in [0.3, 0.4) is 0 Å². The van der Waals surface area contributed by atoms with E-state index in [1.54, 1.807) is 12.1 Å². The van der Waals surface area contributed by atoms with Crippen LogP contribution in [0.4, 0.5) is 13.2 Å². The molecule has 0 unspecified atom stereocenters. The molecule has 0 saturated carbocycles. The molecule has 0 aliphatic rings. The fourth-order valence-corrected chi connectivity index (χ4v) is 2.45. The van der Waals surface area contributed by atoms with E-state index in [2.05, 4.69) is 0 Å². The van der Waals surface area contributed by atoms with Crippen LogP contribution in [0.5, 0.6) is 0 Å². The van der Waals surface area contributed by atoms with Gasteiger partial charge in [-0.15, -0.1) is 11.3 Å². The third-order valence-corrected chi connectivity index (χ3v) is 3.31. The number of halogens is 4. The summed E-state index contributed by atoms with van der Waals surface area (Å²) in [6.45, 7) is 0. The van der Waals surface area contributed by atoms with E-state index < -0.39 is 12.0 Å². The first kappa shape index (κ1) is 11.4. The minimum absolute atomic E-state index is 0.315. The van der Waals surface area contributed by atoms with Crippen molar-refractivity contribution < 1.29 is 18.0 Å². The molecular formula is C10H4ClF3OS. The number of alkyl halides is 3. The van der Waals surface area contributed by atoms with Gasteiger partial charge < -0.3 is 0 Å². The average Bonchev–Trinajstić information content (AvgIpc) is 2.57. The zero-order chi connectivity index (χ0) is 11.9. The van der Waals surface area contributed by atoms with E-state index in [1.165, 1.54) is 12.1 Å². The Morgan fingerprint density at radius 1 is 1.25 bits per heavy atom. The Balaban J connectivity index is 2.52. The van der Waals surface area contributed by atoms with Crippen molar-refractivity contribution in [3.05, 3.63) is 34.2 Å². The first-order valence-electron chi connectivity index (χ1n) is 4.18. The maximum Gasteiger partial charge on any atom is 0.455 e. The molecule has 0 spiro atoms. The number of hydrogen-bond donors (Lipinski definition) is 0. The molecule has 1 heterocycles. The molecule has 1 aromatic heterocycles. The Hall–Kier alpha value is -1.07. The molecule has 84 valence electrons. The first-order chi connectivity index (χ1) is 7.38. The first-order valence-corrected chi connectivity index (χ1v) is 5.38. The van der Waals surface area contributed by atoms with E-state index in [0.29, 0.717) is 15.1 Å². The van der Waals surface area contributed by atoms with Crippen LogP contribution in [-0.2, 0) is 0 Å². The van der Waals surface area contributed by atoms with Crippen molar-refractivity contribution in [1.82, 2.24) is 0 Å². The fraction of sp³-hybridized carbons (Fsp3) is 0.100. The number of carbonyl (C=O) groups is 1. The Kier molecular flexibility index (Phi) is 2.67. The van der Waals surface area contributed by atoms with Crippen molar-refractivity contribution >= 4 is 38.8 Å². The third kappa shape index (κ3) is 2.05. The van der Waals surface area contributed by atoms with Crippen LogP contribution in [-0.4, -0.2) is 12.0 Å². The summed E-state index contributed by atoms with van der Waals surface area (Å²) in [5, 5.41) is 0.974. The SMILES string of the molecule is O=C(c1cc2cc(Cl)ccc2s1)C(F)(F)F. The molecule has 0 atom stereocenters. The molecule has 0 fully saturated rings. The molecule has 0 saturated heterocycles. The lowest BCUT2D eigenvalue weighted by Gasteiger charge is -2.00. The third-order valence-electron chi connectivity index (χ3n) is 1.96. The quantitative estimate of drug-likeness (QED) is 0.702. The molecule has 16 heavy (non-hydrogen) atoms. The van der Waals surface area contributed by atoms with Gasteiger partial charge in [0.15, 0.2) is 0 Å². The van der Waals surface area contributed by atoms with E-state index in [4.69, 9.17) is 11.6 Å². The highest BCUT2D eigenvalue weighted by Crippen LogP contribution is 2.32. The highest BCUT2D eigenvalue weighted by Gasteiger charge is 2.40. The van der Waals surface area contributed by atoms with Gasteiger partial charge in [0.05, 0.1) is 4.88 Å². The molecule has 0 N–H and O–H groups in total. The standard InChI is InChI=1S/C10H4ClF3OS/c11-6-1-2-7-5(3-6)4-8(16-7)9(15)10(12,13)14/h1-4H. The summed E-state index contributed by atoms with van der Waals surface area (Å²) in [5.74, 6) is -1.81. The van der Waals surface area contributed by atoms with Gasteiger partial charge in [-0.3, -0.25) is 4.79 Å². The van der Waals surface area contributed by atoms with Crippen molar-refractivity contribution in [2.45, 2.75) is 6.18 Å². The topological polar surface area (TPSA) is 17.1 Å². The summed E-state index contributed by atoms with van der Waals surface area (Å²) in [5.41, 5.74) is 0. The summed E-state index contributed by atoms with van der Waals surface area (Å²) in [6.07, 6.45) is -4.83. The van der Waals surface area contributed by atoms with Gasteiger partial charge in [0.2, 0.25) is 0 Å². The summed E-state index contributed by atoms with van der Waals surface area (Å²) in [7, 11) is 0. The molecule has 0 aliphatic carbocycles. The number of carbonyl (C=O) groups excluding carboxylic acids is 1. The largest absolute Gasteiger partial charge is 0.455 e. The normalized spacial score (nSPS) is 12.0.